The number of anilines is 1. The molecule has 4 atom stereocenters. The van der Waals surface area contributed by atoms with Crippen molar-refractivity contribution < 1.29 is 19.2 Å². The molecule has 3 heterocycles. The summed E-state index contributed by atoms with van der Waals surface area (Å²) in [5.41, 5.74) is 0.790. The molecule has 1 amide bonds. The Balaban J connectivity index is 1.73. The van der Waals surface area contributed by atoms with E-state index in [1.165, 1.54) is 0 Å². The summed E-state index contributed by atoms with van der Waals surface area (Å²) in [4.78, 5) is 28.0. The lowest BCUT2D eigenvalue weighted by molar-refractivity contribution is -0.534. The number of carbonyl (C=O) groups is 1. The first-order valence-electron chi connectivity index (χ1n) is 10.8. The fourth-order valence-electron chi connectivity index (χ4n) is 6.02. The summed E-state index contributed by atoms with van der Waals surface area (Å²) in [7, 11) is 1.56. The maximum atomic E-state index is 13.5. The van der Waals surface area contributed by atoms with E-state index >= 15 is 0 Å². The number of nitrogens with zero attached hydrogens (tertiary/aromatic N) is 2. The zero-order chi connectivity index (χ0) is 22.6. The molecule has 3 aliphatic rings. The van der Waals surface area contributed by atoms with Crippen molar-refractivity contribution in [1.82, 2.24) is 4.90 Å². The van der Waals surface area contributed by atoms with Crippen LogP contribution >= 0.6 is 15.9 Å². The lowest BCUT2D eigenvalue weighted by atomic mass is 9.77. The van der Waals surface area contributed by atoms with Gasteiger partial charge in [-0.25, -0.2) is 0 Å². The number of carbonyl (C=O) groups excluding carboxylic acids is 1. The van der Waals surface area contributed by atoms with Crippen molar-refractivity contribution in [2.45, 2.75) is 43.3 Å². The fraction of sp³-hybridized carbons (Fsp3) is 0.435. The maximum absolute atomic E-state index is 13.5. The van der Waals surface area contributed by atoms with Crippen LogP contribution in [0.2, 0.25) is 0 Å². The number of halogens is 1. The van der Waals surface area contributed by atoms with Gasteiger partial charge in [-0.15, -0.1) is 0 Å². The molecular weight excluding hydrogens is 478 g/mol. The van der Waals surface area contributed by atoms with Gasteiger partial charge in [0.2, 0.25) is 0 Å². The minimum absolute atomic E-state index is 0.128. The van der Waals surface area contributed by atoms with Crippen LogP contribution in [0.4, 0.5) is 5.69 Å². The summed E-state index contributed by atoms with van der Waals surface area (Å²) in [6, 6.07) is 9.78. The first kappa shape index (κ1) is 21.2. The molecule has 2 fully saturated rings. The summed E-state index contributed by atoms with van der Waals surface area (Å²) < 4.78 is 11.9. The van der Waals surface area contributed by atoms with Crippen LogP contribution in [0.5, 0.6) is 11.5 Å². The van der Waals surface area contributed by atoms with E-state index in [1.54, 1.807) is 7.11 Å². The van der Waals surface area contributed by atoms with Crippen LogP contribution in [-0.2, 0) is 10.3 Å². The molecule has 168 valence electrons. The molecule has 1 N–H and O–H groups in total. The second-order valence-corrected chi connectivity index (χ2v) is 9.25. The smallest absolute Gasteiger partial charge is 0.256 e. The Labute approximate surface area is 194 Å². The van der Waals surface area contributed by atoms with E-state index in [-0.39, 0.29) is 16.9 Å². The fourth-order valence-corrected chi connectivity index (χ4v) is 6.64. The topological polar surface area (TPSA) is 93.9 Å². The molecule has 5 rings (SSSR count). The lowest BCUT2D eigenvalue weighted by Gasteiger charge is -2.32. The first-order valence-corrected chi connectivity index (χ1v) is 11.6. The second kappa shape index (κ2) is 7.74. The average molecular weight is 502 g/mol. The van der Waals surface area contributed by atoms with Gasteiger partial charge in [0.15, 0.2) is 17.0 Å². The number of amides is 1. The summed E-state index contributed by atoms with van der Waals surface area (Å²) in [6.45, 7) is 2.96. The molecule has 9 heteroatoms. The van der Waals surface area contributed by atoms with Gasteiger partial charge < -0.3 is 14.8 Å². The van der Waals surface area contributed by atoms with E-state index in [1.807, 2.05) is 43.3 Å². The Hall–Kier alpha value is -2.65. The lowest BCUT2D eigenvalue weighted by Crippen LogP contribution is -2.55. The van der Waals surface area contributed by atoms with Gasteiger partial charge in [0.25, 0.3) is 11.9 Å². The van der Waals surface area contributed by atoms with Crippen molar-refractivity contribution in [3.05, 3.63) is 62.1 Å². The number of nitro groups is 1. The second-order valence-electron chi connectivity index (χ2n) is 8.39. The number of hydrogen-bond acceptors (Lipinski definition) is 6. The van der Waals surface area contributed by atoms with Gasteiger partial charge in [-0.3, -0.25) is 19.8 Å². The quantitative estimate of drug-likeness (QED) is 0.492. The van der Waals surface area contributed by atoms with Crippen LogP contribution in [-0.4, -0.2) is 48.1 Å². The van der Waals surface area contributed by atoms with Gasteiger partial charge in [0, 0.05) is 28.8 Å². The molecule has 32 heavy (non-hydrogen) atoms. The number of para-hydroxylation sites is 1. The third-order valence-electron chi connectivity index (χ3n) is 7.01. The Morgan fingerprint density at radius 1 is 1.34 bits per heavy atom. The number of methoxy groups -OCH3 is 1. The number of ether oxygens (including phenoxy) is 2. The molecule has 2 saturated heterocycles. The molecule has 2 aromatic carbocycles. The molecular formula is C23H24BrN3O5. The third kappa shape index (κ3) is 2.73. The number of nitrogens with one attached hydrogen (secondary N) is 1. The number of benzene rings is 2. The highest BCUT2D eigenvalue weighted by Crippen LogP contribution is 2.58. The van der Waals surface area contributed by atoms with Crippen LogP contribution in [0.1, 0.15) is 36.8 Å². The van der Waals surface area contributed by atoms with Crippen molar-refractivity contribution >= 4 is 27.5 Å². The number of rotatable bonds is 5. The highest BCUT2D eigenvalue weighted by Gasteiger charge is 2.73. The molecule has 0 radical (unpaired) electrons. The molecule has 3 aliphatic heterocycles. The van der Waals surface area contributed by atoms with Gasteiger partial charge in [0.05, 0.1) is 24.1 Å². The van der Waals surface area contributed by atoms with Gasteiger partial charge in [-0.1, -0.05) is 18.2 Å². The van der Waals surface area contributed by atoms with Crippen molar-refractivity contribution in [3.63, 3.8) is 0 Å². The van der Waals surface area contributed by atoms with Crippen LogP contribution in [0, 0.1) is 10.1 Å². The van der Waals surface area contributed by atoms with E-state index in [9.17, 15) is 14.9 Å². The molecule has 0 aromatic heterocycles. The van der Waals surface area contributed by atoms with Gasteiger partial charge in [-0.05, 0) is 59.5 Å². The molecule has 0 saturated carbocycles. The van der Waals surface area contributed by atoms with E-state index in [0.29, 0.717) is 40.4 Å². The van der Waals surface area contributed by atoms with Crippen LogP contribution < -0.4 is 14.8 Å². The van der Waals surface area contributed by atoms with Crippen molar-refractivity contribution in [3.8, 4) is 11.5 Å². The van der Waals surface area contributed by atoms with Gasteiger partial charge in [-0.2, -0.15) is 0 Å². The molecule has 0 unspecified atom stereocenters. The van der Waals surface area contributed by atoms with E-state index in [2.05, 4.69) is 26.1 Å². The maximum Gasteiger partial charge on any atom is 0.256 e. The average Bonchev–Trinajstić information content (AvgIpc) is 3.41. The monoisotopic (exact) mass is 501 g/mol. The zero-order valence-corrected chi connectivity index (χ0v) is 19.4. The number of hydrogen-bond donors (Lipinski definition) is 1. The van der Waals surface area contributed by atoms with E-state index in [4.69, 9.17) is 9.47 Å². The zero-order valence-electron chi connectivity index (χ0n) is 17.8. The Morgan fingerprint density at radius 3 is 2.84 bits per heavy atom. The predicted molar refractivity (Wildman–Crippen MR) is 122 cm³/mol. The highest BCUT2D eigenvalue weighted by atomic mass is 79.9. The SMILES string of the molecule is CCOc1cc([C@@H]2[C@@H]3CCCN3[C@@]3(C(=O)Nc4ccccc43)[C@@H]2[N+](=O)[O-])cc(Br)c1OC. The van der Waals surface area contributed by atoms with E-state index < -0.39 is 17.5 Å². The Bertz CT molecular complexity index is 1110. The molecule has 0 aliphatic carbocycles. The molecule has 8 nitrogen and oxygen atoms in total. The summed E-state index contributed by atoms with van der Waals surface area (Å²) in [6.07, 6.45) is 1.68. The van der Waals surface area contributed by atoms with Crippen LogP contribution in [0.15, 0.2) is 40.9 Å². The molecule has 0 bridgehead atoms. The summed E-state index contributed by atoms with van der Waals surface area (Å²) in [5, 5.41) is 15.6. The standard InChI is InChI=1S/C23H24BrN3O5/c1-3-32-18-12-13(11-15(24)20(18)31-2)19-17-9-6-10-26(17)23(21(19)27(29)30)14-7-4-5-8-16(14)25-22(23)28/h4-5,7-8,11-12,17,19,21H,3,6,9-10H2,1-2H3,(H,25,28)/t17-,19+,21+,23+/m0/s1. The Morgan fingerprint density at radius 2 is 2.12 bits per heavy atom. The van der Waals surface area contributed by atoms with Crippen molar-refractivity contribution in [1.29, 1.82) is 0 Å². The number of fused-ring (bicyclic) bond motifs is 4. The normalized spacial score (nSPS) is 28.5. The molecule has 2 aromatic rings. The minimum Gasteiger partial charge on any atom is -0.492 e. The third-order valence-corrected chi connectivity index (χ3v) is 7.60. The van der Waals surface area contributed by atoms with Crippen LogP contribution in [0.25, 0.3) is 0 Å². The van der Waals surface area contributed by atoms with Crippen molar-refractivity contribution in [2.24, 2.45) is 0 Å². The molecule has 1 spiro atoms. The van der Waals surface area contributed by atoms with Crippen molar-refractivity contribution in [2.75, 3.05) is 25.6 Å². The van der Waals surface area contributed by atoms with E-state index in [0.717, 1.165) is 18.4 Å². The minimum atomic E-state index is -1.33. The highest BCUT2D eigenvalue weighted by molar-refractivity contribution is 9.10. The van der Waals surface area contributed by atoms with Gasteiger partial charge in [0.1, 0.15) is 0 Å². The Kier molecular flexibility index (Phi) is 5.13. The summed E-state index contributed by atoms with van der Waals surface area (Å²) >= 11 is 3.55. The first-order chi connectivity index (χ1) is 15.4. The van der Waals surface area contributed by atoms with Crippen LogP contribution in [0.3, 0.4) is 0 Å². The summed E-state index contributed by atoms with van der Waals surface area (Å²) in [5.74, 6) is 0.287. The predicted octanol–water partition coefficient (Wildman–Crippen LogP) is 3.91. The largest absolute Gasteiger partial charge is 0.492 e. The van der Waals surface area contributed by atoms with Gasteiger partial charge >= 0.3 is 0 Å².